The molecule has 0 atom stereocenters. The van der Waals surface area contributed by atoms with Crippen molar-refractivity contribution >= 4 is 21.4 Å². The normalized spacial score (nSPS) is 16.5. The van der Waals surface area contributed by atoms with E-state index in [0.29, 0.717) is 42.3 Å². The first-order chi connectivity index (χ1) is 15.0. The van der Waals surface area contributed by atoms with Crippen LogP contribution >= 0.6 is 11.3 Å². The van der Waals surface area contributed by atoms with Crippen LogP contribution in [0, 0.1) is 0 Å². The molecule has 3 heterocycles. The molecule has 32 heavy (non-hydrogen) atoms. The van der Waals surface area contributed by atoms with Crippen molar-refractivity contribution in [3.8, 4) is 5.00 Å². The first-order valence-electron chi connectivity index (χ1n) is 9.89. The van der Waals surface area contributed by atoms with Gasteiger partial charge < -0.3 is 0 Å². The van der Waals surface area contributed by atoms with E-state index in [4.69, 9.17) is 0 Å². The summed E-state index contributed by atoms with van der Waals surface area (Å²) in [6, 6.07) is 8.40. The molecular weight excluding hydrogens is 465 g/mol. The number of thiophene rings is 1. The fourth-order valence-electron chi connectivity index (χ4n) is 3.86. The molecule has 0 spiro atoms. The number of benzene rings is 1. The highest BCUT2D eigenvalue weighted by Gasteiger charge is 2.32. The van der Waals surface area contributed by atoms with E-state index < -0.39 is 27.5 Å². The van der Waals surface area contributed by atoms with Crippen LogP contribution in [0.3, 0.4) is 0 Å². The summed E-state index contributed by atoms with van der Waals surface area (Å²) in [4.78, 5) is 13.2. The average molecular weight is 487 g/mol. The molecule has 4 rings (SSSR count). The van der Waals surface area contributed by atoms with Gasteiger partial charge in [0, 0.05) is 19.0 Å². The zero-order valence-electron chi connectivity index (χ0n) is 17.1. The van der Waals surface area contributed by atoms with Crippen molar-refractivity contribution in [2.75, 3.05) is 19.3 Å². The Bertz CT molecular complexity index is 1260. The van der Waals surface area contributed by atoms with E-state index in [1.807, 2.05) is 5.38 Å². The maximum atomic E-state index is 13.2. The summed E-state index contributed by atoms with van der Waals surface area (Å²) in [5.74, 6) is 0.350. The summed E-state index contributed by atoms with van der Waals surface area (Å²) in [6.07, 6.45) is -2.31. The number of sulfonamides is 1. The van der Waals surface area contributed by atoms with E-state index in [2.05, 4.69) is 5.10 Å². The third-order valence-corrected chi connectivity index (χ3v) is 7.62. The first kappa shape index (κ1) is 22.7. The van der Waals surface area contributed by atoms with Gasteiger partial charge in [0.05, 0.1) is 18.4 Å². The Kier molecular flexibility index (Phi) is 6.03. The molecule has 2 aromatic heterocycles. The molecule has 1 fully saturated rings. The van der Waals surface area contributed by atoms with Crippen LogP contribution in [-0.2, 0) is 22.7 Å². The highest BCUT2D eigenvalue weighted by molar-refractivity contribution is 7.88. The number of piperidine rings is 1. The topological polar surface area (TPSA) is 77.2 Å². The van der Waals surface area contributed by atoms with Gasteiger partial charge in [-0.25, -0.2) is 26.8 Å². The van der Waals surface area contributed by atoms with Crippen LogP contribution in [0.4, 0.5) is 13.2 Å². The van der Waals surface area contributed by atoms with Gasteiger partial charge in [0.15, 0.2) is 0 Å². The van der Waals surface area contributed by atoms with E-state index in [9.17, 15) is 26.4 Å². The monoisotopic (exact) mass is 486 g/mol. The quantitative estimate of drug-likeness (QED) is 0.555. The van der Waals surface area contributed by atoms with E-state index in [-0.39, 0.29) is 12.5 Å². The fraction of sp³-hybridized carbons (Fsp3) is 0.400. The summed E-state index contributed by atoms with van der Waals surface area (Å²) < 4.78 is 66.9. The SMILES string of the molecule is CS(=O)(=O)N1CCC(c2nn(Cc3cccc(C(F)(F)F)c3)c(=O)n2-c2cccs2)CC1. The molecule has 1 aliphatic rings. The third-order valence-electron chi connectivity index (χ3n) is 5.47. The summed E-state index contributed by atoms with van der Waals surface area (Å²) >= 11 is 1.35. The molecule has 0 amide bonds. The summed E-state index contributed by atoms with van der Waals surface area (Å²) in [5, 5.41) is 6.97. The number of nitrogens with zero attached hydrogens (tertiary/aromatic N) is 4. The lowest BCUT2D eigenvalue weighted by atomic mass is 9.97. The molecule has 0 N–H and O–H groups in total. The van der Waals surface area contributed by atoms with Gasteiger partial charge >= 0.3 is 11.9 Å². The highest BCUT2D eigenvalue weighted by atomic mass is 32.2. The van der Waals surface area contributed by atoms with Gasteiger partial charge in [0.1, 0.15) is 10.8 Å². The number of aromatic nitrogens is 3. The second-order valence-corrected chi connectivity index (χ2v) is 10.6. The van der Waals surface area contributed by atoms with Crippen LogP contribution < -0.4 is 5.69 Å². The van der Waals surface area contributed by atoms with E-state index in [1.54, 1.807) is 12.1 Å². The van der Waals surface area contributed by atoms with Crippen molar-refractivity contribution in [1.29, 1.82) is 0 Å². The van der Waals surface area contributed by atoms with Crippen molar-refractivity contribution in [2.45, 2.75) is 31.5 Å². The van der Waals surface area contributed by atoms with E-state index >= 15 is 0 Å². The molecule has 1 aromatic carbocycles. The lowest BCUT2D eigenvalue weighted by Crippen LogP contribution is -2.37. The number of hydrogen-bond acceptors (Lipinski definition) is 5. The molecular formula is C20H21F3N4O3S2. The van der Waals surface area contributed by atoms with Crippen LogP contribution in [0.2, 0.25) is 0 Å². The third kappa shape index (κ3) is 4.66. The number of rotatable bonds is 5. The zero-order valence-corrected chi connectivity index (χ0v) is 18.8. The van der Waals surface area contributed by atoms with Crippen molar-refractivity contribution in [3.63, 3.8) is 0 Å². The molecule has 0 bridgehead atoms. The molecule has 0 aliphatic carbocycles. The van der Waals surface area contributed by atoms with Crippen molar-refractivity contribution in [1.82, 2.24) is 18.7 Å². The average Bonchev–Trinajstić information content (AvgIpc) is 3.35. The maximum Gasteiger partial charge on any atom is 0.416 e. The zero-order chi connectivity index (χ0) is 23.1. The molecule has 1 saturated heterocycles. The largest absolute Gasteiger partial charge is 0.416 e. The maximum absolute atomic E-state index is 13.2. The number of hydrogen-bond donors (Lipinski definition) is 0. The first-order valence-corrected chi connectivity index (χ1v) is 12.6. The van der Waals surface area contributed by atoms with Crippen LogP contribution in [0.15, 0.2) is 46.6 Å². The van der Waals surface area contributed by atoms with Gasteiger partial charge in [-0.15, -0.1) is 11.3 Å². The van der Waals surface area contributed by atoms with Crippen molar-refractivity contribution < 1.29 is 21.6 Å². The second kappa shape index (κ2) is 8.49. The van der Waals surface area contributed by atoms with Gasteiger partial charge in [-0.1, -0.05) is 12.1 Å². The van der Waals surface area contributed by atoms with Crippen LogP contribution in [0.5, 0.6) is 0 Å². The van der Waals surface area contributed by atoms with E-state index in [0.717, 1.165) is 12.1 Å². The molecule has 0 radical (unpaired) electrons. The van der Waals surface area contributed by atoms with E-state index in [1.165, 1.54) is 43.3 Å². The minimum atomic E-state index is -4.48. The lowest BCUT2D eigenvalue weighted by molar-refractivity contribution is -0.137. The van der Waals surface area contributed by atoms with Crippen LogP contribution in [-0.4, -0.2) is 46.4 Å². The Labute approximate surface area is 186 Å². The fourth-order valence-corrected chi connectivity index (χ4v) is 5.47. The van der Waals surface area contributed by atoms with Crippen molar-refractivity contribution in [3.05, 3.63) is 69.2 Å². The summed E-state index contributed by atoms with van der Waals surface area (Å²) in [7, 11) is -3.30. The standard InChI is InChI=1S/C20H21F3N4O3S2/c1-32(29,30)25-9-7-15(8-10-25)18-24-26(19(28)27(18)17-6-3-11-31-17)13-14-4-2-5-16(12-14)20(21,22)23/h2-6,11-12,15H,7-10,13H2,1H3. The van der Waals surface area contributed by atoms with Crippen LogP contribution in [0.1, 0.15) is 35.7 Å². The van der Waals surface area contributed by atoms with Crippen molar-refractivity contribution in [2.24, 2.45) is 0 Å². The predicted molar refractivity (Wildman–Crippen MR) is 115 cm³/mol. The smallest absolute Gasteiger partial charge is 0.246 e. The highest BCUT2D eigenvalue weighted by Crippen LogP contribution is 2.31. The molecule has 12 heteroatoms. The molecule has 7 nitrogen and oxygen atoms in total. The molecule has 1 aliphatic heterocycles. The number of alkyl halides is 3. The minimum Gasteiger partial charge on any atom is -0.246 e. The molecule has 0 unspecified atom stereocenters. The molecule has 3 aromatic rings. The Morgan fingerprint density at radius 1 is 1.16 bits per heavy atom. The minimum absolute atomic E-state index is 0.101. The van der Waals surface area contributed by atoms with Gasteiger partial charge in [0.25, 0.3) is 0 Å². The Morgan fingerprint density at radius 2 is 1.88 bits per heavy atom. The second-order valence-electron chi connectivity index (χ2n) is 7.72. The Morgan fingerprint density at radius 3 is 2.47 bits per heavy atom. The predicted octanol–water partition coefficient (Wildman–Crippen LogP) is 3.30. The summed E-state index contributed by atoms with van der Waals surface area (Å²) in [6.45, 7) is 0.543. The van der Waals surface area contributed by atoms with Gasteiger partial charge in [-0.2, -0.15) is 18.3 Å². The van der Waals surface area contributed by atoms with Gasteiger partial charge in [-0.05, 0) is 48.1 Å². The Balaban J connectivity index is 1.68. The lowest BCUT2D eigenvalue weighted by Gasteiger charge is -2.29. The van der Waals surface area contributed by atoms with Gasteiger partial charge in [0.2, 0.25) is 10.0 Å². The molecule has 0 saturated carbocycles. The number of halogens is 3. The summed E-state index contributed by atoms with van der Waals surface area (Å²) in [5.41, 5.74) is -0.907. The van der Waals surface area contributed by atoms with Gasteiger partial charge in [-0.3, -0.25) is 0 Å². The van der Waals surface area contributed by atoms with Crippen LogP contribution in [0.25, 0.3) is 5.00 Å². The molecule has 172 valence electrons. The Hall–Kier alpha value is -2.44.